The number of carbonyl (C=O) groups excluding carboxylic acids is 2. The molecular weight excluding hydrogens is 556 g/mol. The second-order valence-corrected chi connectivity index (χ2v) is 10.9. The van der Waals surface area contributed by atoms with E-state index in [0.29, 0.717) is 29.6 Å². The van der Waals surface area contributed by atoms with Gasteiger partial charge in [-0.05, 0) is 50.7 Å². The third-order valence-electron chi connectivity index (χ3n) is 7.61. The van der Waals surface area contributed by atoms with Gasteiger partial charge in [0, 0.05) is 37.5 Å². The van der Waals surface area contributed by atoms with Crippen LogP contribution in [0.2, 0.25) is 0 Å². The van der Waals surface area contributed by atoms with Crippen molar-refractivity contribution in [1.82, 2.24) is 25.3 Å². The Kier molecular flexibility index (Phi) is 10.1. The number of anilines is 1. The van der Waals surface area contributed by atoms with Crippen molar-refractivity contribution < 1.29 is 19.1 Å². The SMILES string of the molecule is CCOC(=O)CNC(=O)c1nc(CC2CCN(c3ncc(-c4ccc(C)cc4)cn3)CC2)nc(C)c1OCc1ccccc1. The van der Waals surface area contributed by atoms with Crippen LogP contribution in [0.1, 0.15) is 52.9 Å². The van der Waals surface area contributed by atoms with Gasteiger partial charge >= 0.3 is 5.97 Å². The van der Waals surface area contributed by atoms with Gasteiger partial charge in [-0.2, -0.15) is 0 Å². The van der Waals surface area contributed by atoms with Crippen LogP contribution >= 0.6 is 0 Å². The number of benzene rings is 2. The monoisotopic (exact) mass is 594 g/mol. The van der Waals surface area contributed by atoms with E-state index in [1.165, 1.54) is 5.56 Å². The van der Waals surface area contributed by atoms with E-state index in [2.05, 4.69) is 56.4 Å². The molecule has 1 amide bonds. The molecule has 0 bridgehead atoms. The molecule has 10 heteroatoms. The van der Waals surface area contributed by atoms with Crippen LogP contribution in [0.25, 0.3) is 11.1 Å². The molecule has 0 unspecified atom stereocenters. The van der Waals surface area contributed by atoms with Gasteiger partial charge in [-0.3, -0.25) is 9.59 Å². The van der Waals surface area contributed by atoms with Crippen LogP contribution in [-0.4, -0.2) is 58.1 Å². The van der Waals surface area contributed by atoms with E-state index in [-0.39, 0.29) is 25.5 Å². The molecular formula is C34H38N6O4. The van der Waals surface area contributed by atoms with Crippen LogP contribution in [0.15, 0.2) is 67.0 Å². The fourth-order valence-electron chi connectivity index (χ4n) is 5.19. The van der Waals surface area contributed by atoms with E-state index in [4.69, 9.17) is 14.5 Å². The first-order valence-corrected chi connectivity index (χ1v) is 15.0. The van der Waals surface area contributed by atoms with Gasteiger partial charge in [0.15, 0.2) is 11.4 Å². The molecule has 2 aromatic heterocycles. The first-order chi connectivity index (χ1) is 21.4. The third kappa shape index (κ3) is 7.94. The van der Waals surface area contributed by atoms with Crippen molar-refractivity contribution in [3.05, 3.63) is 95.3 Å². The fourth-order valence-corrected chi connectivity index (χ4v) is 5.19. The smallest absolute Gasteiger partial charge is 0.325 e. The highest BCUT2D eigenvalue weighted by molar-refractivity contribution is 5.96. The van der Waals surface area contributed by atoms with Crippen molar-refractivity contribution in [2.75, 3.05) is 31.1 Å². The van der Waals surface area contributed by atoms with Crippen molar-refractivity contribution >= 4 is 17.8 Å². The minimum atomic E-state index is -0.515. The number of aromatic nitrogens is 4. The molecule has 1 fully saturated rings. The number of amides is 1. The number of piperidine rings is 1. The summed E-state index contributed by atoms with van der Waals surface area (Å²) < 4.78 is 11.0. The van der Waals surface area contributed by atoms with E-state index < -0.39 is 11.9 Å². The predicted octanol–water partition coefficient (Wildman–Crippen LogP) is 4.88. The Labute approximate surface area is 257 Å². The van der Waals surface area contributed by atoms with Gasteiger partial charge in [0.25, 0.3) is 5.91 Å². The average Bonchev–Trinajstić information content (AvgIpc) is 3.04. The maximum atomic E-state index is 13.2. The molecule has 1 aliphatic rings. The lowest BCUT2D eigenvalue weighted by molar-refractivity contribution is -0.141. The zero-order valence-electron chi connectivity index (χ0n) is 25.5. The number of rotatable bonds is 11. The number of hydrogen-bond acceptors (Lipinski definition) is 9. The van der Waals surface area contributed by atoms with Gasteiger partial charge in [0.2, 0.25) is 5.95 Å². The third-order valence-corrected chi connectivity index (χ3v) is 7.61. The van der Waals surface area contributed by atoms with E-state index in [9.17, 15) is 9.59 Å². The minimum absolute atomic E-state index is 0.118. The molecule has 1 saturated heterocycles. The Morgan fingerprint density at radius 1 is 0.932 bits per heavy atom. The first-order valence-electron chi connectivity index (χ1n) is 15.0. The van der Waals surface area contributed by atoms with Crippen LogP contribution in [0.5, 0.6) is 5.75 Å². The molecule has 0 saturated carbocycles. The van der Waals surface area contributed by atoms with Crippen molar-refractivity contribution in [2.24, 2.45) is 5.92 Å². The first kappa shape index (κ1) is 30.6. The lowest BCUT2D eigenvalue weighted by Crippen LogP contribution is -2.36. The summed E-state index contributed by atoms with van der Waals surface area (Å²) in [6.07, 6.45) is 6.22. The number of nitrogens with zero attached hydrogens (tertiary/aromatic N) is 5. The number of ether oxygens (including phenoxy) is 2. The summed E-state index contributed by atoms with van der Waals surface area (Å²) in [6, 6.07) is 18.0. The summed E-state index contributed by atoms with van der Waals surface area (Å²) >= 11 is 0. The Morgan fingerprint density at radius 2 is 1.64 bits per heavy atom. The Balaban J connectivity index is 1.24. The molecule has 228 valence electrons. The van der Waals surface area contributed by atoms with E-state index in [1.807, 2.05) is 49.6 Å². The normalized spacial score (nSPS) is 13.4. The quantitative estimate of drug-likeness (QED) is 0.242. The number of carbonyl (C=O) groups is 2. The van der Waals surface area contributed by atoms with Gasteiger partial charge in [-0.15, -0.1) is 0 Å². The van der Waals surface area contributed by atoms with Crippen LogP contribution in [0.3, 0.4) is 0 Å². The molecule has 4 aromatic rings. The topological polar surface area (TPSA) is 119 Å². The molecule has 2 aromatic carbocycles. The van der Waals surface area contributed by atoms with Gasteiger partial charge < -0.3 is 19.7 Å². The number of nitrogens with one attached hydrogen (secondary N) is 1. The average molecular weight is 595 g/mol. The van der Waals surface area contributed by atoms with Crippen molar-refractivity contribution in [3.8, 4) is 16.9 Å². The Bertz CT molecular complexity index is 1550. The van der Waals surface area contributed by atoms with Crippen molar-refractivity contribution in [3.63, 3.8) is 0 Å². The van der Waals surface area contributed by atoms with Crippen molar-refractivity contribution in [1.29, 1.82) is 0 Å². The molecule has 0 radical (unpaired) electrons. The van der Waals surface area contributed by atoms with E-state index in [1.54, 1.807) is 6.92 Å². The molecule has 0 spiro atoms. The van der Waals surface area contributed by atoms with Crippen LogP contribution in [0, 0.1) is 19.8 Å². The van der Waals surface area contributed by atoms with Gasteiger partial charge in [-0.1, -0.05) is 60.2 Å². The standard InChI is InChI=1S/C34H38N6O4/c1-4-43-30(41)21-35-33(42)31-32(44-22-26-8-6-5-7-9-26)24(3)38-29(39-31)18-25-14-16-40(17-15-25)34-36-19-28(20-37-34)27-12-10-23(2)11-13-27/h5-13,19-20,25H,4,14-18,21-22H2,1-3H3,(H,35,42). The van der Waals surface area contributed by atoms with Gasteiger partial charge in [-0.25, -0.2) is 19.9 Å². The van der Waals surface area contributed by atoms with Gasteiger partial charge in [0.1, 0.15) is 19.0 Å². The summed E-state index contributed by atoms with van der Waals surface area (Å²) in [5.41, 5.74) is 4.96. The number of hydrogen-bond donors (Lipinski definition) is 1. The van der Waals surface area contributed by atoms with Crippen LogP contribution in [0.4, 0.5) is 5.95 Å². The van der Waals surface area contributed by atoms with E-state index >= 15 is 0 Å². The Morgan fingerprint density at radius 3 is 2.32 bits per heavy atom. The molecule has 44 heavy (non-hydrogen) atoms. The second kappa shape index (κ2) is 14.5. The van der Waals surface area contributed by atoms with Gasteiger partial charge in [0.05, 0.1) is 12.3 Å². The highest BCUT2D eigenvalue weighted by atomic mass is 16.5. The zero-order valence-corrected chi connectivity index (χ0v) is 25.5. The summed E-state index contributed by atoms with van der Waals surface area (Å²) in [7, 11) is 0. The molecule has 10 nitrogen and oxygen atoms in total. The lowest BCUT2D eigenvalue weighted by atomic mass is 9.93. The molecule has 0 aliphatic carbocycles. The van der Waals surface area contributed by atoms with Crippen LogP contribution in [-0.2, 0) is 22.6 Å². The molecule has 0 atom stereocenters. The molecule has 1 aliphatic heterocycles. The van der Waals surface area contributed by atoms with E-state index in [0.717, 1.165) is 48.6 Å². The molecule has 3 heterocycles. The highest BCUT2D eigenvalue weighted by Gasteiger charge is 2.25. The second-order valence-electron chi connectivity index (χ2n) is 10.9. The zero-order chi connectivity index (χ0) is 30.9. The number of aryl methyl sites for hydroxylation is 2. The Hall–Kier alpha value is -4.86. The summed E-state index contributed by atoms with van der Waals surface area (Å²) in [5.74, 6) is 0.928. The maximum absolute atomic E-state index is 13.2. The molecule has 1 N–H and O–H groups in total. The van der Waals surface area contributed by atoms with Crippen molar-refractivity contribution in [2.45, 2.75) is 46.6 Å². The minimum Gasteiger partial charge on any atom is -0.485 e. The maximum Gasteiger partial charge on any atom is 0.325 e. The van der Waals surface area contributed by atoms with Crippen LogP contribution < -0.4 is 15.0 Å². The molecule has 5 rings (SSSR count). The number of esters is 1. The predicted molar refractivity (Wildman–Crippen MR) is 167 cm³/mol. The summed E-state index contributed by atoms with van der Waals surface area (Å²) in [4.78, 5) is 45.9. The fraction of sp³-hybridized carbons (Fsp3) is 0.353. The summed E-state index contributed by atoms with van der Waals surface area (Å²) in [5, 5.41) is 2.62. The summed E-state index contributed by atoms with van der Waals surface area (Å²) in [6.45, 7) is 7.48. The highest BCUT2D eigenvalue weighted by Crippen LogP contribution is 2.27. The largest absolute Gasteiger partial charge is 0.485 e. The lowest BCUT2D eigenvalue weighted by Gasteiger charge is -2.31.